The zero-order valence-corrected chi connectivity index (χ0v) is 7.62. The van der Waals surface area contributed by atoms with E-state index >= 15 is 0 Å². The number of quaternary nitrogens is 1. The van der Waals surface area contributed by atoms with Crippen LogP contribution in [0.1, 0.15) is 5.56 Å². The number of para-hydroxylation sites is 1. The Morgan fingerprint density at radius 1 is 1.07 bits per heavy atom. The molecule has 0 spiro atoms. The van der Waals surface area contributed by atoms with E-state index in [1.807, 2.05) is 0 Å². The number of carboxylic acid groups (broad SMARTS) is 2. The molecule has 1 aliphatic rings. The Labute approximate surface area is 85.1 Å². The van der Waals surface area contributed by atoms with Gasteiger partial charge in [0.05, 0.1) is 0 Å². The van der Waals surface area contributed by atoms with Gasteiger partial charge in [-0.1, -0.05) is 16.6 Å². The maximum Gasteiger partial charge on any atom is 0.534 e. The van der Waals surface area contributed by atoms with E-state index in [-0.39, 0.29) is 5.69 Å². The molecule has 1 heterocycles. The number of benzene rings is 1. The van der Waals surface area contributed by atoms with Crippen molar-refractivity contribution >= 4 is 23.9 Å². The minimum Gasteiger partial charge on any atom is -0.434 e. The summed E-state index contributed by atoms with van der Waals surface area (Å²) >= 11 is 0. The number of fused-ring (bicyclic) bond motifs is 1. The number of imide groups is 1. The largest absolute Gasteiger partial charge is 0.534 e. The van der Waals surface area contributed by atoms with Crippen LogP contribution in [0.3, 0.4) is 0 Å². The van der Waals surface area contributed by atoms with E-state index in [1.165, 1.54) is 12.1 Å². The van der Waals surface area contributed by atoms with E-state index in [2.05, 4.69) is 0 Å². The minimum absolute atomic E-state index is 0.248. The highest BCUT2D eigenvalue weighted by Gasteiger charge is 2.50. The van der Waals surface area contributed by atoms with Crippen LogP contribution in [0.5, 0.6) is 0 Å². The second-order valence-corrected chi connectivity index (χ2v) is 3.16. The molecule has 0 aromatic heterocycles. The summed E-state index contributed by atoms with van der Waals surface area (Å²) in [5, 5.41) is 18.0. The monoisotopic (exact) mass is 206 g/mol. The van der Waals surface area contributed by atoms with Crippen molar-refractivity contribution in [1.29, 1.82) is 0 Å². The van der Waals surface area contributed by atoms with E-state index in [9.17, 15) is 9.59 Å². The second kappa shape index (κ2) is 2.93. The van der Waals surface area contributed by atoms with E-state index in [1.54, 1.807) is 18.2 Å². The van der Waals surface area contributed by atoms with Gasteiger partial charge < -0.3 is 10.2 Å². The van der Waals surface area contributed by atoms with Crippen LogP contribution in [0.15, 0.2) is 30.5 Å². The first kappa shape index (κ1) is 9.42. The van der Waals surface area contributed by atoms with Gasteiger partial charge >= 0.3 is 12.2 Å². The lowest BCUT2D eigenvalue weighted by atomic mass is 10.2. The molecule has 2 amide bonds. The molecule has 5 nitrogen and oxygen atoms in total. The molecule has 0 aliphatic carbocycles. The van der Waals surface area contributed by atoms with Crippen LogP contribution >= 0.6 is 0 Å². The first-order valence-electron chi connectivity index (χ1n) is 4.23. The highest BCUT2D eigenvalue weighted by molar-refractivity contribution is 6.07. The molecule has 15 heavy (non-hydrogen) atoms. The van der Waals surface area contributed by atoms with Crippen LogP contribution in [0.25, 0.3) is 6.08 Å². The lowest BCUT2D eigenvalue weighted by Gasteiger charge is -2.18. The summed E-state index contributed by atoms with van der Waals surface area (Å²) in [7, 11) is 0. The highest BCUT2D eigenvalue weighted by atomic mass is 16.4. The molecule has 0 bridgehead atoms. The Kier molecular flexibility index (Phi) is 1.84. The third kappa shape index (κ3) is 1.07. The van der Waals surface area contributed by atoms with Crippen molar-refractivity contribution in [3.63, 3.8) is 0 Å². The van der Waals surface area contributed by atoms with Gasteiger partial charge in [0.25, 0.3) is 0 Å². The normalized spacial score (nSPS) is 16.0. The second-order valence-electron chi connectivity index (χ2n) is 3.16. The predicted octanol–water partition coefficient (Wildman–Crippen LogP) is 2.33. The molecule has 76 valence electrons. The SMILES string of the molecule is O=C(O)[N+]1(C(=O)O)C=Cc2ccccc21. The Hall–Kier alpha value is -2.14. The van der Waals surface area contributed by atoms with E-state index in [0.717, 1.165) is 6.20 Å². The smallest absolute Gasteiger partial charge is 0.434 e. The summed E-state index contributed by atoms with van der Waals surface area (Å²) in [5.41, 5.74) is 0.861. The van der Waals surface area contributed by atoms with Crippen molar-refractivity contribution in [3.05, 3.63) is 36.0 Å². The zero-order chi connectivity index (χ0) is 11.1. The third-order valence-corrected chi connectivity index (χ3v) is 2.40. The molecule has 2 rings (SSSR count). The average Bonchev–Trinajstić information content (AvgIpc) is 2.57. The van der Waals surface area contributed by atoms with Crippen LogP contribution in [-0.4, -0.2) is 22.4 Å². The first-order valence-corrected chi connectivity index (χ1v) is 4.23. The van der Waals surface area contributed by atoms with Gasteiger partial charge in [-0.25, -0.2) is 0 Å². The molecule has 1 aliphatic heterocycles. The third-order valence-electron chi connectivity index (χ3n) is 2.40. The molecule has 2 N–H and O–H groups in total. The van der Waals surface area contributed by atoms with Crippen LogP contribution < -0.4 is 4.48 Å². The van der Waals surface area contributed by atoms with Gasteiger partial charge in [0.1, 0.15) is 6.20 Å². The summed E-state index contributed by atoms with van der Waals surface area (Å²) < 4.78 is -1.18. The fourth-order valence-electron chi connectivity index (χ4n) is 1.64. The van der Waals surface area contributed by atoms with E-state index < -0.39 is 16.7 Å². The molecular weight excluding hydrogens is 198 g/mol. The molecule has 0 fully saturated rings. The molecule has 1 aromatic carbocycles. The summed E-state index contributed by atoms with van der Waals surface area (Å²) in [5.74, 6) is 0. The average molecular weight is 206 g/mol. The molecule has 0 atom stereocenters. The summed E-state index contributed by atoms with van der Waals surface area (Å²) in [4.78, 5) is 22.1. The topological polar surface area (TPSA) is 74.6 Å². The molecule has 0 radical (unpaired) electrons. The highest BCUT2D eigenvalue weighted by Crippen LogP contribution is 2.35. The molecule has 1 aromatic rings. The summed E-state index contributed by atoms with van der Waals surface area (Å²) in [6.45, 7) is 0. The Morgan fingerprint density at radius 2 is 1.67 bits per heavy atom. The number of amides is 2. The van der Waals surface area contributed by atoms with E-state index in [4.69, 9.17) is 10.2 Å². The van der Waals surface area contributed by atoms with Crippen molar-refractivity contribution in [2.75, 3.05) is 0 Å². The number of nitrogens with zero attached hydrogens (tertiary/aromatic N) is 1. The summed E-state index contributed by atoms with van der Waals surface area (Å²) in [6, 6.07) is 6.52. The number of rotatable bonds is 0. The van der Waals surface area contributed by atoms with Crippen molar-refractivity contribution in [3.8, 4) is 0 Å². The van der Waals surface area contributed by atoms with Crippen molar-refractivity contribution in [2.24, 2.45) is 0 Å². The van der Waals surface area contributed by atoms with Crippen LogP contribution in [-0.2, 0) is 0 Å². The van der Waals surface area contributed by atoms with Gasteiger partial charge in [0.2, 0.25) is 0 Å². The van der Waals surface area contributed by atoms with Crippen LogP contribution in [0.2, 0.25) is 0 Å². The van der Waals surface area contributed by atoms with Crippen molar-refractivity contribution in [2.45, 2.75) is 0 Å². The standard InChI is InChI=1S/C10H7NO4/c12-9(13)11(10(14)15)6-5-7-3-1-2-4-8(7)11/h1-6H,(H-,12,13,14,15)/p+1. The van der Waals surface area contributed by atoms with Gasteiger partial charge in [-0.3, -0.25) is 0 Å². The van der Waals surface area contributed by atoms with E-state index in [0.29, 0.717) is 5.56 Å². The molecule has 0 unspecified atom stereocenters. The molecule has 5 heteroatoms. The number of carbonyl (C=O) groups is 2. The number of hydrogen-bond donors (Lipinski definition) is 2. The maximum atomic E-state index is 11.1. The Balaban J connectivity index is 2.70. The van der Waals surface area contributed by atoms with Crippen molar-refractivity contribution in [1.82, 2.24) is 4.48 Å². The molecule has 0 saturated heterocycles. The van der Waals surface area contributed by atoms with Gasteiger partial charge in [-0.2, -0.15) is 9.59 Å². The predicted molar refractivity (Wildman–Crippen MR) is 53.3 cm³/mol. The lowest BCUT2D eigenvalue weighted by molar-refractivity contribution is 0.140. The zero-order valence-electron chi connectivity index (χ0n) is 7.62. The van der Waals surface area contributed by atoms with Gasteiger partial charge in [0.15, 0.2) is 5.69 Å². The Morgan fingerprint density at radius 3 is 2.27 bits per heavy atom. The lowest BCUT2D eigenvalue weighted by Crippen LogP contribution is -2.51. The number of hydrogen-bond acceptors (Lipinski definition) is 2. The van der Waals surface area contributed by atoms with Crippen LogP contribution in [0, 0.1) is 0 Å². The molecule has 0 saturated carbocycles. The van der Waals surface area contributed by atoms with Crippen LogP contribution in [0.4, 0.5) is 15.3 Å². The van der Waals surface area contributed by atoms with Gasteiger partial charge in [-0.05, 0) is 6.07 Å². The van der Waals surface area contributed by atoms with Gasteiger partial charge in [0, 0.05) is 17.7 Å². The fraction of sp³-hybridized carbons (Fsp3) is 0. The maximum absolute atomic E-state index is 11.1. The first-order chi connectivity index (χ1) is 7.09. The Bertz CT molecular complexity index is 464. The van der Waals surface area contributed by atoms with Crippen molar-refractivity contribution < 1.29 is 19.8 Å². The molecular formula is C10H8NO4+. The fourth-order valence-corrected chi connectivity index (χ4v) is 1.64. The quantitative estimate of drug-likeness (QED) is 0.639. The summed E-state index contributed by atoms with van der Waals surface area (Å²) in [6.07, 6.45) is -0.209. The van der Waals surface area contributed by atoms with Gasteiger partial charge in [-0.15, -0.1) is 0 Å². The minimum atomic E-state index is -1.43.